The molecule has 3 heterocycles. The summed E-state index contributed by atoms with van der Waals surface area (Å²) in [6, 6.07) is 18.1. The van der Waals surface area contributed by atoms with Crippen LogP contribution in [-0.4, -0.2) is 45.3 Å². The van der Waals surface area contributed by atoms with E-state index in [2.05, 4.69) is 43.9 Å². The molecule has 0 aliphatic carbocycles. The second-order valence-corrected chi connectivity index (χ2v) is 9.66. The van der Waals surface area contributed by atoms with Gasteiger partial charge in [-0.2, -0.15) is 0 Å². The van der Waals surface area contributed by atoms with Gasteiger partial charge in [-0.05, 0) is 44.5 Å². The molecule has 0 spiro atoms. The summed E-state index contributed by atoms with van der Waals surface area (Å²) < 4.78 is 13.4. The summed E-state index contributed by atoms with van der Waals surface area (Å²) in [5.74, 6) is 1.34. The van der Waals surface area contributed by atoms with Gasteiger partial charge in [-0.25, -0.2) is 4.79 Å². The van der Waals surface area contributed by atoms with Crippen molar-refractivity contribution in [3.8, 4) is 0 Å². The van der Waals surface area contributed by atoms with E-state index >= 15 is 0 Å². The molecule has 0 saturated carbocycles. The molecule has 4 aromatic rings. The SMILES string of the molecule is CCOC(=O)c1oc2ccccc2c1CSc1nnc(CN2CCCCC2)n1Cc1ccccc1. The Morgan fingerprint density at radius 2 is 1.77 bits per heavy atom. The summed E-state index contributed by atoms with van der Waals surface area (Å²) >= 11 is 1.57. The topological polar surface area (TPSA) is 73.4 Å². The van der Waals surface area contributed by atoms with E-state index in [1.54, 1.807) is 18.7 Å². The van der Waals surface area contributed by atoms with Crippen LogP contribution < -0.4 is 0 Å². The normalized spacial score (nSPS) is 14.4. The van der Waals surface area contributed by atoms with E-state index in [1.165, 1.54) is 24.8 Å². The molecule has 0 unspecified atom stereocenters. The van der Waals surface area contributed by atoms with Crippen LogP contribution in [0.5, 0.6) is 0 Å². The molecule has 182 valence electrons. The van der Waals surface area contributed by atoms with Crippen LogP contribution in [0.2, 0.25) is 0 Å². The number of ether oxygens (including phenoxy) is 1. The van der Waals surface area contributed by atoms with Gasteiger partial charge in [0.05, 0.1) is 19.7 Å². The smallest absolute Gasteiger partial charge is 0.374 e. The first-order valence-electron chi connectivity index (χ1n) is 12.2. The third-order valence-corrected chi connectivity index (χ3v) is 7.29. The molecule has 0 atom stereocenters. The van der Waals surface area contributed by atoms with Crippen LogP contribution in [0.15, 0.2) is 64.2 Å². The zero-order valence-electron chi connectivity index (χ0n) is 20.0. The van der Waals surface area contributed by atoms with E-state index in [9.17, 15) is 4.79 Å². The largest absolute Gasteiger partial charge is 0.460 e. The highest BCUT2D eigenvalue weighted by molar-refractivity contribution is 7.98. The molecule has 2 aromatic carbocycles. The van der Waals surface area contributed by atoms with Crippen molar-refractivity contribution in [1.82, 2.24) is 19.7 Å². The molecule has 8 heteroatoms. The Bertz CT molecular complexity index is 1280. The monoisotopic (exact) mass is 490 g/mol. The Hall–Kier alpha value is -3.10. The maximum atomic E-state index is 12.6. The van der Waals surface area contributed by atoms with Crippen LogP contribution in [0.25, 0.3) is 11.0 Å². The average molecular weight is 491 g/mol. The van der Waals surface area contributed by atoms with Gasteiger partial charge >= 0.3 is 5.97 Å². The highest BCUT2D eigenvalue weighted by Crippen LogP contribution is 2.32. The molecule has 35 heavy (non-hydrogen) atoms. The summed E-state index contributed by atoms with van der Waals surface area (Å²) in [5, 5.41) is 10.9. The van der Waals surface area contributed by atoms with E-state index in [-0.39, 0.29) is 5.76 Å². The zero-order valence-corrected chi connectivity index (χ0v) is 20.8. The number of carbonyl (C=O) groups excluding carboxylic acids is 1. The number of carbonyl (C=O) groups is 1. The third-order valence-electron chi connectivity index (χ3n) is 6.30. The first kappa shape index (κ1) is 23.6. The summed E-state index contributed by atoms with van der Waals surface area (Å²) in [4.78, 5) is 15.1. The Labute approximate surface area is 209 Å². The van der Waals surface area contributed by atoms with Gasteiger partial charge in [-0.1, -0.05) is 66.7 Å². The molecule has 1 aliphatic heterocycles. The Morgan fingerprint density at radius 3 is 2.57 bits per heavy atom. The molecule has 1 fully saturated rings. The number of aromatic nitrogens is 3. The molecule has 7 nitrogen and oxygen atoms in total. The van der Waals surface area contributed by atoms with Gasteiger partial charge in [0.2, 0.25) is 5.76 Å². The quantitative estimate of drug-likeness (QED) is 0.226. The van der Waals surface area contributed by atoms with E-state index in [0.717, 1.165) is 41.6 Å². The second-order valence-electron chi connectivity index (χ2n) is 8.72. The van der Waals surface area contributed by atoms with Crippen molar-refractivity contribution in [3.05, 3.63) is 77.3 Å². The van der Waals surface area contributed by atoms with Gasteiger partial charge in [0, 0.05) is 16.7 Å². The van der Waals surface area contributed by atoms with E-state index in [4.69, 9.17) is 9.15 Å². The number of nitrogens with zero attached hydrogens (tertiary/aromatic N) is 4. The predicted molar refractivity (Wildman–Crippen MR) is 136 cm³/mol. The Morgan fingerprint density at radius 1 is 1.00 bits per heavy atom. The number of thioether (sulfide) groups is 1. The first-order chi connectivity index (χ1) is 17.2. The molecular weight excluding hydrogens is 460 g/mol. The molecule has 0 radical (unpaired) electrons. The number of para-hydroxylation sites is 1. The second kappa shape index (κ2) is 11.1. The molecule has 0 amide bonds. The van der Waals surface area contributed by atoms with Crippen molar-refractivity contribution in [2.24, 2.45) is 0 Å². The minimum Gasteiger partial charge on any atom is -0.460 e. The fourth-order valence-corrected chi connectivity index (χ4v) is 5.51. The van der Waals surface area contributed by atoms with Crippen LogP contribution in [0, 0.1) is 0 Å². The summed E-state index contributed by atoms with van der Waals surface area (Å²) in [5.41, 5.74) is 2.72. The van der Waals surface area contributed by atoms with E-state index in [0.29, 0.717) is 24.5 Å². The number of hydrogen-bond donors (Lipinski definition) is 0. The van der Waals surface area contributed by atoms with Crippen LogP contribution in [-0.2, 0) is 23.6 Å². The number of fused-ring (bicyclic) bond motifs is 1. The number of furan rings is 1. The number of esters is 1. The van der Waals surface area contributed by atoms with Gasteiger partial charge in [0.25, 0.3) is 0 Å². The first-order valence-corrected chi connectivity index (χ1v) is 13.2. The maximum Gasteiger partial charge on any atom is 0.374 e. The lowest BCUT2D eigenvalue weighted by Gasteiger charge is -2.26. The van der Waals surface area contributed by atoms with Gasteiger partial charge in [0.15, 0.2) is 5.16 Å². The standard InChI is InChI=1S/C27H30N4O3S/c1-2-33-26(32)25-22(21-13-7-8-14-23(21)34-25)19-35-27-29-28-24(18-30-15-9-4-10-16-30)31(27)17-20-11-5-3-6-12-20/h3,5-8,11-14H,2,4,9-10,15-19H2,1H3. The number of rotatable bonds is 9. The van der Waals surface area contributed by atoms with Crippen molar-refractivity contribution in [3.63, 3.8) is 0 Å². The van der Waals surface area contributed by atoms with Crippen molar-refractivity contribution in [2.75, 3.05) is 19.7 Å². The van der Waals surface area contributed by atoms with Crippen molar-refractivity contribution in [1.29, 1.82) is 0 Å². The lowest BCUT2D eigenvalue weighted by Crippen LogP contribution is -2.30. The lowest BCUT2D eigenvalue weighted by atomic mass is 10.1. The van der Waals surface area contributed by atoms with Gasteiger partial charge in [-0.3, -0.25) is 4.90 Å². The highest BCUT2D eigenvalue weighted by atomic mass is 32.2. The van der Waals surface area contributed by atoms with E-state index in [1.807, 2.05) is 30.3 Å². The Kier molecular flexibility index (Phi) is 7.49. The maximum absolute atomic E-state index is 12.6. The molecule has 1 aliphatic rings. The third kappa shape index (κ3) is 5.44. The summed E-state index contributed by atoms with van der Waals surface area (Å²) in [7, 11) is 0. The van der Waals surface area contributed by atoms with E-state index < -0.39 is 5.97 Å². The van der Waals surface area contributed by atoms with Gasteiger partial charge in [0.1, 0.15) is 11.4 Å². The zero-order chi connectivity index (χ0) is 24.0. The molecule has 2 aromatic heterocycles. The Balaban J connectivity index is 1.43. The minimum absolute atomic E-state index is 0.267. The molecule has 0 N–H and O–H groups in total. The lowest BCUT2D eigenvalue weighted by molar-refractivity contribution is 0.0491. The van der Waals surface area contributed by atoms with Crippen LogP contribution in [0.1, 0.15) is 53.7 Å². The van der Waals surface area contributed by atoms with Crippen LogP contribution >= 0.6 is 11.8 Å². The fraction of sp³-hybridized carbons (Fsp3) is 0.370. The molecular formula is C27H30N4O3S. The number of hydrogen-bond acceptors (Lipinski definition) is 7. The minimum atomic E-state index is -0.434. The fourth-order valence-electron chi connectivity index (χ4n) is 4.53. The van der Waals surface area contributed by atoms with Crippen molar-refractivity contribution < 1.29 is 13.9 Å². The van der Waals surface area contributed by atoms with Gasteiger partial charge in [-0.15, -0.1) is 10.2 Å². The number of benzene rings is 2. The summed E-state index contributed by atoms with van der Waals surface area (Å²) in [6.07, 6.45) is 3.77. The molecule has 0 bridgehead atoms. The number of piperidine rings is 1. The average Bonchev–Trinajstić information content (AvgIpc) is 3.45. The van der Waals surface area contributed by atoms with Crippen molar-refractivity contribution in [2.45, 2.75) is 50.2 Å². The predicted octanol–water partition coefficient (Wildman–Crippen LogP) is 5.53. The molecule has 1 saturated heterocycles. The van der Waals surface area contributed by atoms with Crippen LogP contribution in [0.4, 0.5) is 0 Å². The van der Waals surface area contributed by atoms with Crippen LogP contribution in [0.3, 0.4) is 0 Å². The van der Waals surface area contributed by atoms with Crippen molar-refractivity contribution >= 4 is 28.7 Å². The molecule has 5 rings (SSSR count). The van der Waals surface area contributed by atoms with Gasteiger partial charge < -0.3 is 13.7 Å². The highest BCUT2D eigenvalue weighted by Gasteiger charge is 2.23. The number of likely N-dealkylation sites (tertiary alicyclic amines) is 1. The summed E-state index contributed by atoms with van der Waals surface area (Å²) in [6.45, 7) is 5.80.